The van der Waals surface area contributed by atoms with Gasteiger partial charge in [-0.15, -0.1) is 24.0 Å². The van der Waals surface area contributed by atoms with Gasteiger partial charge in [-0.1, -0.05) is 19.1 Å². The number of amides is 1. The minimum atomic E-state index is 0. The molecule has 0 aliphatic carbocycles. The van der Waals surface area contributed by atoms with Crippen molar-refractivity contribution in [3.8, 4) is 11.5 Å². The predicted octanol–water partition coefficient (Wildman–Crippen LogP) is 2.07. The Bertz CT molecular complexity index is 744. The van der Waals surface area contributed by atoms with E-state index >= 15 is 0 Å². The molecule has 3 rings (SSSR count). The molecule has 174 valence electrons. The number of likely N-dealkylation sites (tertiary alicyclic amines) is 1. The molecule has 0 spiro atoms. The molecule has 2 heterocycles. The van der Waals surface area contributed by atoms with Crippen LogP contribution in [0.2, 0.25) is 0 Å². The topological polar surface area (TPSA) is 78.4 Å². The molecule has 0 aromatic heterocycles. The first kappa shape index (κ1) is 25.5. The highest BCUT2D eigenvalue weighted by Gasteiger charge is 2.23. The average Bonchev–Trinajstić information content (AvgIpc) is 3.07. The van der Waals surface area contributed by atoms with Crippen molar-refractivity contribution in [1.82, 2.24) is 20.4 Å². The number of nitrogens with one attached hydrogen (secondary N) is 2. The highest BCUT2D eigenvalue weighted by Crippen LogP contribution is 2.33. The van der Waals surface area contributed by atoms with E-state index < -0.39 is 0 Å². The largest absolute Gasteiger partial charge is 0.490 e. The van der Waals surface area contributed by atoms with Gasteiger partial charge >= 0.3 is 0 Å². The molecule has 8 nitrogen and oxygen atoms in total. The Morgan fingerprint density at radius 3 is 2.81 bits per heavy atom. The van der Waals surface area contributed by atoms with Gasteiger partial charge in [-0.25, -0.2) is 4.99 Å². The number of hydrogen-bond acceptors (Lipinski definition) is 5. The van der Waals surface area contributed by atoms with Crippen LogP contribution in [0, 0.1) is 0 Å². The Hall–Kier alpha value is -1.75. The Kier molecular flexibility index (Phi) is 10.7. The molecule has 0 radical (unpaired) electrons. The van der Waals surface area contributed by atoms with Crippen molar-refractivity contribution in [3.63, 3.8) is 0 Å². The highest BCUT2D eigenvalue weighted by molar-refractivity contribution is 14.0. The van der Waals surface area contributed by atoms with Crippen molar-refractivity contribution in [3.05, 3.63) is 23.8 Å². The first-order valence-corrected chi connectivity index (χ1v) is 10.9. The second-order valence-corrected chi connectivity index (χ2v) is 7.91. The first-order valence-electron chi connectivity index (χ1n) is 10.9. The number of carbonyl (C=O) groups excluding carboxylic acids is 1. The fraction of sp³-hybridized carbons (Fsp3) is 0.636. The highest BCUT2D eigenvalue weighted by atomic mass is 127. The van der Waals surface area contributed by atoms with Crippen LogP contribution in [0.1, 0.15) is 31.7 Å². The smallest absolute Gasteiger partial charge is 0.241 e. The lowest BCUT2D eigenvalue weighted by atomic mass is 10.2. The monoisotopic (exact) mass is 545 g/mol. The average molecular weight is 545 g/mol. The number of fused-ring (bicyclic) bond motifs is 1. The SMILES string of the molecule is CCN1CCCC1CNC(=NCc1cccc2c1OCCCO2)NCC(=O)N(C)C.I. The van der Waals surface area contributed by atoms with Crippen LogP contribution in [0.15, 0.2) is 23.2 Å². The third-order valence-corrected chi connectivity index (χ3v) is 5.58. The molecule has 0 bridgehead atoms. The van der Waals surface area contributed by atoms with Crippen molar-refractivity contribution in [2.75, 3.05) is 53.5 Å². The zero-order valence-corrected chi connectivity index (χ0v) is 21.2. The van der Waals surface area contributed by atoms with Gasteiger partial charge in [-0.2, -0.15) is 0 Å². The van der Waals surface area contributed by atoms with Gasteiger partial charge in [-0.3, -0.25) is 9.69 Å². The molecule has 1 aromatic carbocycles. The van der Waals surface area contributed by atoms with E-state index in [1.54, 1.807) is 19.0 Å². The Balaban J connectivity index is 0.00000341. The molecule has 1 fully saturated rings. The number of rotatable bonds is 7. The Morgan fingerprint density at radius 1 is 1.23 bits per heavy atom. The third kappa shape index (κ3) is 7.41. The van der Waals surface area contributed by atoms with Gasteiger partial charge in [0.15, 0.2) is 17.5 Å². The van der Waals surface area contributed by atoms with E-state index in [-0.39, 0.29) is 36.4 Å². The lowest BCUT2D eigenvalue weighted by Gasteiger charge is -2.24. The van der Waals surface area contributed by atoms with E-state index in [1.807, 2.05) is 18.2 Å². The molecule has 2 aliphatic heterocycles. The zero-order chi connectivity index (χ0) is 21.3. The lowest BCUT2D eigenvalue weighted by molar-refractivity contribution is -0.127. The summed E-state index contributed by atoms with van der Waals surface area (Å²) in [6, 6.07) is 6.40. The molecule has 2 aliphatic rings. The molecule has 1 saturated heterocycles. The summed E-state index contributed by atoms with van der Waals surface area (Å²) in [6.07, 6.45) is 3.28. The maximum atomic E-state index is 12.0. The normalized spacial score (nSPS) is 18.7. The molecule has 1 aromatic rings. The van der Waals surface area contributed by atoms with Crippen molar-refractivity contribution in [1.29, 1.82) is 0 Å². The van der Waals surface area contributed by atoms with Crippen LogP contribution in [-0.2, 0) is 11.3 Å². The summed E-state index contributed by atoms with van der Waals surface area (Å²) in [7, 11) is 3.50. The minimum absolute atomic E-state index is 0. The van der Waals surface area contributed by atoms with E-state index in [1.165, 1.54) is 12.8 Å². The van der Waals surface area contributed by atoms with Crippen LogP contribution >= 0.6 is 24.0 Å². The molecule has 0 saturated carbocycles. The second-order valence-electron chi connectivity index (χ2n) is 7.91. The summed E-state index contributed by atoms with van der Waals surface area (Å²) >= 11 is 0. The summed E-state index contributed by atoms with van der Waals surface area (Å²) < 4.78 is 11.7. The predicted molar refractivity (Wildman–Crippen MR) is 134 cm³/mol. The van der Waals surface area contributed by atoms with E-state index in [9.17, 15) is 4.79 Å². The van der Waals surface area contributed by atoms with E-state index in [2.05, 4.69) is 22.5 Å². The zero-order valence-electron chi connectivity index (χ0n) is 18.9. The molecular formula is C22H36IN5O3. The van der Waals surface area contributed by atoms with Crippen molar-refractivity contribution in [2.24, 2.45) is 4.99 Å². The summed E-state index contributed by atoms with van der Waals surface area (Å²) in [6.45, 7) is 7.16. The number of guanidine groups is 1. The number of halogens is 1. The van der Waals surface area contributed by atoms with Crippen LogP contribution in [0.3, 0.4) is 0 Å². The number of nitrogens with zero attached hydrogens (tertiary/aromatic N) is 3. The first-order chi connectivity index (χ1) is 14.6. The fourth-order valence-corrected chi connectivity index (χ4v) is 3.79. The second kappa shape index (κ2) is 12.9. The Labute approximate surface area is 202 Å². The molecular weight excluding hydrogens is 509 g/mol. The molecule has 9 heteroatoms. The van der Waals surface area contributed by atoms with Crippen LogP contribution in [0.25, 0.3) is 0 Å². The van der Waals surface area contributed by atoms with Gasteiger partial charge in [0.05, 0.1) is 26.3 Å². The van der Waals surface area contributed by atoms with Gasteiger partial charge in [0.1, 0.15) is 0 Å². The number of ether oxygens (including phenoxy) is 2. The van der Waals surface area contributed by atoms with Crippen molar-refractivity contribution < 1.29 is 14.3 Å². The summed E-state index contributed by atoms with van der Waals surface area (Å²) in [4.78, 5) is 20.8. The van der Waals surface area contributed by atoms with Gasteiger partial charge in [-0.05, 0) is 32.0 Å². The van der Waals surface area contributed by atoms with Crippen LogP contribution in [0.4, 0.5) is 0 Å². The number of benzene rings is 1. The van der Waals surface area contributed by atoms with Crippen LogP contribution in [-0.4, -0.2) is 81.2 Å². The third-order valence-electron chi connectivity index (χ3n) is 5.58. The van der Waals surface area contributed by atoms with Crippen LogP contribution in [0.5, 0.6) is 11.5 Å². The van der Waals surface area contributed by atoms with Crippen LogP contribution < -0.4 is 20.1 Å². The van der Waals surface area contributed by atoms with Gasteiger partial charge < -0.3 is 25.0 Å². The molecule has 2 N–H and O–H groups in total. The number of para-hydroxylation sites is 1. The Morgan fingerprint density at radius 2 is 2.03 bits per heavy atom. The van der Waals surface area contributed by atoms with Crippen molar-refractivity contribution in [2.45, 2.75) is 38.8 Å². The number of carbonyl (C=O) groups is 1. The van der Waals surface area contributed by atoms with Gasteiger partial charge in [0.2, 0.25) is 5.91 Å². The number of likely N-dealkylation sites (N-methyl/N-ethyl adjacent to an activating group) is 2. The van der Waals surface area contributed by atoms with Gasteiger partial charge in [0.25, 0.3) is 0 Å². The van der Waals surface area contributed by atoms with Crippen molar-refractivity contribution >= 4 is 35.8 Å². The maximum Gasteiger partial charge on any atom is 0.241 e. The standard InChI is InChI=1S/C22H35N5O3.HI/c1-4-27-11-6-9-18(27)15-24-22(25-16-20(28)26(2)3)23-14-17-8-5-10-19-21(17)30-13-7-12-29-19;/h5,8,10,18H,4,6-7,9,11-16H2,1-3H3,(H2,23,24,25);1H. The van der Waals surface area contributed by atoms with E-state index in [4.69, 9.17) is 14.5 Å². The lowest BCUT2D eigenvalue weighted by Crippen LogP contribution is -2.47. The molecule has 1 unspecified atom stereocenters. The van der Waals surface area contributed by atoms with E-state index in [0.29, 0.717) is 31.8 Å². The summed E-state index contributed by atoms with van der Waals surface area (Å²) in [5, 5.41) is 6.61. The van der Waals surface area contributed by atoms with E-state index in [0.717, 1.165) is 43.1 Å². The number of hydrogen-bond donors (Lipinski definition) is 2. The molecule has 1 amide bonds. The quantitative estimate of drug-likeness (QED) is 0.311. The number of aliphatic imine (C=N–C) groups is 1. The summed E-state index contributed by atoms with van der Waals surface area (Å²) in [5.74, 6) is 2.19. The maximum absolute atomic E-state index is 12.0. The van der Waals surface area contributed by atoms with Gasteiger partial charge in [0, 0.05) is 38.7 Å². The molecule has 1 atom stereocenters. The fourth-order valence-electron chi connectivity index (χ4n) is 3.79. The molecule has 31 heavy (non-hydrogen) atoms. The summed E-state index contributed by atoms with van der Waals surface area (Å²) in [5.41, 5.74) is 0.977. The minimum Gasteiger partial charge on any atom is -0.490 e.